The molecule has 0 N–H and O–H groups in total. The Morgan fingerprint density at radius 3 is 3.00 bits per heavy atom. The summed E-state index contributed by atoms with van der Waals surface area (Å²) in [6.07, 6.45) is 3.89. The van der Waals surface area contributed by atoms with E-state index in [0.717, 1.165) is 19.3 Å². The van der Waals surface area contributed by atoms with Crippen LogP contribution in [0.3, 0.4) is 0 Å². The highest BCUT2D eigenvalue weighted by molar-refractivity contribution is 5.77. The van der Waals surface area contributed by atoms with Crippen LogP contribution in [0.5, 0.6) is 0 Å². The first kappa shape index (κ1) is 13.3. The molecule has 0 aromatic rings. The molecule has 2 rings (SSSR count). The molecule has 0 aromatic carbocycles. The largest absolute Gasteiger partial charge is 0.376 e. The summed E-state index contributed by atoms with van der Waals surface area (Å²) in [6.45, 7) is 3.45. The molecule has 18 heavy (non-hydrogen) atoms. The van der Waals surface area contributed by atoms with Crippen LogP contribution in [0.15, 0.2) is 0 Å². The summed E-state index contributed by atoms with van der Waals surface area (Å²) in [4.78, 5) is 13.7. The van der Waals surface area contributed by atoms with Crippen molar-refractivity contribution in [3.63, 3.8) is 0 Å². The van der Waals surface area contributed by atoms with Gasteiger partial charge in [0.25, 0.3) is 0 Å². The lowest BCUT2D eigenvalue weighted by Crippen LogP contribution is -2.48. The van der Waals surface area contributed by atoms with E-state index < -0.39 is 6.04 Å². The number of carbonyl (C=O) groups excluding carboxylic acids is 1. The van der Waals surface area contributed by atoms with Gasteiger partial charge in [-0.05, 0) is 26.2 Å². The molecule has 2 aliphatic rings. The molecule has 0 saturated carbocycles. The zero-order chi connectivity index (χ0) is 13.0. The number of hydrogen-bond acceptors (Lipinski definition) is 4. The van der Waals surface area contributed by atoms with Crippen molar-refractivity contribution in [2.75, 3.05) is 19.8 Å². The van der Waals surface area contributed by atoms with Crippen molar-refractivity contribution < 1.29 is 14.3 Å². The van der Waals surface area contributed by atoms with Crippen molar-refractivity contribution in [3.8, 4) is 6.07 Å². The summed E-state index contributed by atoms with van der Waals surface area (Å²) in [7, 11) is 0. The maximum atomic E-state index is 12.1. The first-order valence-electron chi connectivity index (χ1n) is 6.63. The van der Waals surface area contributed by atoms with Gasteiger partial charge in [-0.2, -0.15) is 5.26 Å². The number of rotatable bonds is 3. The Hall–Kier alpha value is -1.12. The Morgan fingerprint density at radius 2 is 2.33 bits per heavy atom. The summed E-state index contributed by atoms with van der Waals surface area (Å²) < 4.78 is 10.9. The fourth-order valence-electron chi connectivity index (χ4n) is 2.53. The molecule has 0 aromatic heterocycles. The Bertz CT molecular complexity index is 340. The van der Waals surface area contributed by atoms with E-state index in [1.165, 1.54) is 0 Å². The molecule has 3 atom stereocenters. The molecule has 100 valence electrons. The second-order valence-electron chi connectivity index (χ2n) is 4.99. The number of nitrogens with zero attached hydrogens (tertiary/aromatic N) is 2. The molecular weight excluding hydrogens is 232 g/mol. The quantitative estimate of drug-likeness (QED) is 0.754. The third-order valence-corrected chi connectivity index (χ3v) is 3.60. The first-order chi connectivity index (χ1) is 8.70. The van der Waals surface area contributed by atoms with E-state index in [2.05, 4.69) is 13.0 Å². The van der Waals surface area contributed by atoms with E-state index in [9.17, 15) is 4.79 Å². The average molecular weight is 252 g/mol. The van der Waals surface area contributed by atoms with Crippen LogP contribution < -0.4 is 0 Å². The molecule has 1 amide bonds. The fourth-order valence-corrected chi connectivity index (χ4v) is 2.53. The summed E-state index contributed by atoms with van der Waals surface area (Å²) >= 11 is 0. The maximum Gasteiger partial charge on any atom is 0.223 e. The van der Waals surface area contributed by atoms with Crippen molar-refractivity contribution >= 4 is 5.91 Å². The van der Waals surface area contributed by atoms with Gasteiger partial charge in [0.2, 0.25) is 5.91 Å². The van der Waals surface area contributed by atoms with Crippen molar-refractivity contribution in [3.05, 3.63) is 0 Å². The molecule has 2 fully saturated rings. The summed E-state index contributed by atoms with van der Waals surface area (Å²) in [5.41, 5.74) is 0. The SMILES string of the molecule is C[C@H]1CC[C@@H](CCC(=O)N2CCOC[C@@H]2C#N)O1. The van der Waals surface area contributed by atoms with Gasteiger partial charge in [-0.3, -0.25) is 4.79 Å². The van der Waals surface area contributed by atoms with Gasteiger partial charge in [0, 0.05) is 13.0 Å². The van der Waals surface area contributed by atoms with Gasteiger partial charge in [0.1, 0.15) is 6.04 Å². The van der Waals surface area contributed by atoms with Crippen molar-refractivity contribution in [2.45, 2.75) is 50.9 Å². The number of morpholine rings is 1. The highest BCUT2D eigenvalue weighted by atomic mass is 16.5. The van der Waals surface area contributed by atoms with Gasteiger partial charge < -0.3 is 14.4 Å². The predicted octanol–water partition coefficient (Wildman–Crippen LogP) is 1.09. The molecule has 0 unspecified atom stereocenters. The van der Waals surface area contributed by atoms with E-state index in [1.54, 1.807) is 4.90 Å². The summed E-state index contributed by atoms with van der Waals surface area (Å²) in [5, 5.41) is 8.98. The summed E-state index contributed by atoms with van der Waals surface area (Å²) in [5.74, 6) is 0.0491. The van der Waals surface area contributed by atoms with Crippen molar-refractivity contribution in [1.82, 2.24) is 4.90 Å². The molecule has 5 heteroatoms. The van der Waals surface area contributed by atoms with E-state index in [-0.39, 0.29) is 12.0 Å². The maximum absolute atomic E-state index is 12.1. The van der Waals surface area contributed by atoms with E-state index in [1.807, 2.05) is 0 Å². The van der Waals surface area contributed by atoms with E-state index in [0.29, 0.717) is 32.3 Å². The highest BCUT2D eigenvalue weighted by Crippen LogP contribution is 2.23. The molecule has 0 bridgehead atoms. The van der Waals surface area contributed by atoms with Crippen LogP contribution in [-0.2, 0) is 14.3 Å². The van der Waals surface area contributed by atoms with Gasteiger partial charge in [-0.25, -0.2) is 0 Å². The molecule has 0 aliphatic carbocycles. The Labute approximate surface area is 108 Å². The second kappa shape index (κ2) is 6.17. The molecule has 0 spiro atoms. The molecule has 2 saturated heterocycles. The van der Waals surface area contributed by atoms with Crippen LogP contribution >= 0.6 is 0 Å². The lowest BCUT2D eigenvalue weighted by atomic mass is 10.1. The molecule has 2 aliphatic heterocycles. The smallest absolute Gasteiger partial charge is 0.223 e. The lowest BCUT2D eigenvalue weighted by molar-refractivity contribution is -0.138. The number of ether oxygens (including phenoxy) is 2. The van der Waals surface area contributed by atoms with E-state index in [4.69, 9.17) is 14.7 Å². The van der Waals surface area contributed by atoms with Crippen LogP contribution in [0.25, 0.3) is 0 Å². The number of amides is 1. The van der Waals surface area contributed by atoms with Crippen molar-refractivity contribution in [1.29, 1.82) is 5.26 Å². The van der Waals surface area contributed by atoms with Gasteiger partial charge >= 0.3 is 0 Å². The Kier molecular flexibility index (Phi) is 4.56. The third kappa shape index (κ3) is 3.21. The molecular formula is C13H20N2O3. The number of nitriles is 1. The highest BCUT2D eigenvalue weighted by Gasteiger charge is 2.28. The van der Waals surface area contributed by atoms with E-state index >= 15 is 0 Å². The minimum absolute atomic E-state index is 0.0491. The normalized spacial score (nSPS) is 32.2. The van der Waals surface area contributed by atoms with Crippen LogP contribution in [0.4, 0.5) is 0 Å². The molecule has 2 heterocycles. The van der Waals surface area contributed by atoms with Gasteiger partial charge in [0.05, 0.1) is 31.5 Å². The number of hydrogen-bond donors (Lipinski definition) is 0. The first-order valence-corrected chi connectivity index (χ1v) is 6.63. The Morgan fingerprint density at radius 1 is 1.50 bits per heavy atom. The minimum Gasteiger partial charge on any atom is -0.376 e. The zero-order valence-electron chi connectivity index (χ0n) is 10.8. The predicted molar refractivity (Wildman–Crippen MR) is 64.7 cm³/mol. The minimum atomic E-state index is -0.422. The zero-order valence-corrected chi connectivity index (χ0v) is 10.8. The van der Waals surface area contributed by atoms with Crippen molar-refractivity contribution in [2.24, 2.45) is 0 Å². The summed E-state index contributed by atoms with van der Waals surface area (Å²) in [6, 6.07) is 1.70. The third-order valence-electron chi connectivity index (χ3n) is 3.60. The van der Waals surface area contributed by atoms with Crippen LogP contribution in [0, 0.1) is 11.3 Å². The van der Waals surface area contributed by atoms with Gasteiger partial charge in [-0.15, -0.1) is 0 Å². The monoisotopic (exact) mass is 252 g/mol. The molecule has 5 nitrogen and oxygen atoms in total. The van der Waals surface area contributed by atoms with Gasteiger partial charge in [0.15, 0.2) is 0 Å². The van der Waals surface area contributed by atoms with Crippen LogP contribution in [0.1, 0.15) is 32.6 Å². The van der Waals surface area contributed by atoms with Gasteiger partial charge in [-0.1, -0.05) is 0 Å². The molecule has 0 radical (unpaired) electrons. The van der Waals surface area contributed by atoms with Crippen LogP contribution in [0.2, 0.25) is 0 Å². The average Bonchev–Trinajstić information content (AvgIpc) is 2.81. The lowest BCUT2D eigenvalue weighted by Gasteiger charge is -2.31. The number of carbonyl (C=O) groups is 1. The van der Waals surface area contributed by atoms with Crippen LogP contribution in [-0.4, -0.2) is 48.8 Å². The fraction of sp³-hybridized carbons (Fsp3) is 0.846. The second-order valence-corrected chi connectivity index (χ2v) is 4.99. The topological polar surface area (TPSA) is 62.6 Å². The Balaban J connectivity index is 1.78. The standard InChI is InChI=1S/C13H20N2O3/c1-10-2-3-12(18-10)4-5-13(16)15-6-7-17-9-11(15)8-14/h10-12H,2-7,9H2,1H3/t10-,11-,12-/m0/s1.